The van der Waals surface area contributed by atoms with E-state index in [0.717, 1.165) is 0 Å². The van der Waals surface area contributed by atoms with E-state index in [2.05, 4.69) is 5.32 Å². The third-order valence-electron chi connectivity index (χ3n) is 2.07. The van der Waals surface area contributed by atoms with Gasteiger partial charge in [-0.25, -0.2) is 4.39 Å². The molecule has 15 heavy (non-hydrogen) atoms. The summed E-state index contributed by atoms with van der Waals surface area (Å²) in [5.74, 6) is -0.638. The average molecular weight is 211 g/mol. The maximum atomic E-state index is 12.9. The third-order valence-corrected chi connectivity index (χ3v) is 2.07. The lowest BCUT2D eigenvalue weighted by molar-refractivity contribution is 0.0922. The Morgan fingerprint density at radius 1 is 1.60 bits per heavy atom. The van der Waals surface area contributed by atoms with E-state index in [0.29, 0.717) is 11.1 Å². The van der Waals surface area contributed by atoms with Gasteiger partial charge in [-0.15, -0.1) is 0 Å². The number of carbonyl (C=O) groups is 1. The smallest absolute Gasteiger partial charge is 0.251 e. The Morgan fingerprint density at radius 3 is 2.80 bits per heavy atom. The molecule has 0 fully saturated rings. The van der Waals surface area contributed by atoms with Crippen molar-refractivity contribution in [3.63, 3.8) is 0 Å². The summed E-state index contributed by atoms with van der Waals surface area (Å²) in [6.07, 6.45) is 0. The second-order valence-electron chi connectivity index (χ2n) is 3.52. The molecule has 1 unspecified atom stereocenters. The van der Waals surface area contributed by atoms with Crippen molar-refractivity contribution < 1.29 is 14.3 Å². The van der Waals surface area contributed by atoms with Crippen LogP contribution in [0.15, 0.2) is 18.2 Å². The monoisotopic (exact) mass is 211 g/mol. The van der Waals surface area contributed by atoms with Crippen molar-refractivity contribution >= 4 is 5.91 Å². The van der Waals surface area contributed by atoms with Crippen LogP contribution < -0.4 is 5.32 Å². The number of amides is 1. The highest BCUT2D eigenvalue weighted by Crippen LogP contribution is 2.09. The van der Waals surface area contributed by atoms with Crippen molar-refractivity contribution in [1.82, 2.24) is 5.32 Å². The third kappa shape index (κ3) is 3.02. The van der Waals surface area contributed by atoms with E-state index in [9.17, 15) is 9.18 Å². The molecule has 1 rings (SSSR count). The molecule has 0 heterocycles. The molecular formula is C11H14FNO2. The molecule has 1 atom stereocenters. The molecule has 0 saturated carbocycles. The predicted octanol–water partition coefficient (Wildman–Crippen LogP) is 1.24. The van der Waals surface area contributed by atoms with Crippen molar-refractivity contribution in [2.24, 2.45) is 0 Å². The van der Waals surface area contributed by atoms with Crippen LogP contribution in [0.4, 0.5) is 4.39 Å². The highest BCUT2D eigenvalue weighted by molar-refractivity contribution is 5.94. The van der Waals surface area contributed by atoms with Gasteiger partial charge in [-0.05, 0) is 37.6 Å². The van der Waals surface area contributed by atoms with Gasteiger partial charge in [0.05, 0.1) is 6.61 Å². The van der Waals surface area contributed by atoms with E-state index in [1.54, 1.807) is 13.8 Å². The van der Waals surface area contributed by atoms with Crippen LogP contribution in [-0.4, -0.2) is 23.7 Å². The first-order valence-corrected chi connectivity index (χ1v) is 4.72. The summed E-state index contributed by atoms with van der Waals surface area (Å²) in [6, 6.07) is 3.85. The van der Waals surface area contributed by atoms with Gasteiger partial charge in [0.25, 0.3) is 5.91 Å². The first kappa shape index (κ1) is 11.7. The minimum Gasteiger partial charge on any atom is -0.394 e. The lowest BCUT2D eigenvalue weighted by Gasteiger charge is -2.11. The molecule has 3 nitrogen and oxygen atoms in total. The molecule has 82 valence electrons. The zero-order chi connectivity index (χ0) is 11.4. The number of hydrogen-bond acceptors (Lipinski definition) is 2. The lowest BCUT2D eigenvalue weighted by Crippen LogP contribution is -2.35. The number of rotatable bonds is 3. The largest absolute Gasteiger partial charge is 0.394 e. The Kier molecular flexibility index (Phi) is 3.80. The lowest BCUT2D eigenvalue weighted by atomic mass is 10.1. The van der Waals surface area contributed by atoms with Crippen molar-refractivity contribution in [3.8, 4) is 0 Å². The van der Waals surface area contributed by atoms with Gasteiger partial charge in [0.2, 0.25) is 0 Å². The fourth-order valence-electron chi connectivity index (χ4n) is 1.14. The van der Waals surface area contributed by atoms with E-state index in [1.807, 2.05) is 0 Å². The number of halogens is 1. The molecule has 0 radical (unpaired) electrons. The van der Waals surface area contributed by atoms with Crippen molar-refractivity contribution in [2.45, 2.75) is 19.9 Å². The summed E-state index contributed by atoms with van der Waals surface area (Å²) in [5.41, 5.74) is 0.827. The van der Waals surface area contributed by atoms with E-state index in [-0.39, 0.29) is 24.4 Å². The molecule has 0 bridgehead atoms. The SMILES string of the molecule is Cc1cc(C(=O)NC(C)CO)ccc1F. The number of aliphatic hydroxyl groups is 1. The number of aryl methyl sites for hydroxylation is 1. The maximum Gasteiger partial charge on any atom is 0.251 e. The Hall–Kier alpha value is -1.42. The van der Waals surface area contributed by atoms with Crippen LogP contribution >= 0.6 is 0 Å². The molecule has 0 aromatic heterocycles. The standard InChI is InChI=1S/C11H14FNO2/c1-7-5-9(3-4-10(7)12)11(15)13-8(2)6-14/h3-5,8,14H,6H2,1-2H3,(H,13,15). The van der Waals surface area contributed by atoms with Crippen LogP contribution in [0.1, 0.15) is 22.8 Å². The maximum absolute atomic E-state index is 12.9. The second kappa shape index (κ2) is 4.89. The van der Waals surface area contributed by atoms with Crippen molar-refractivity contribution in [1.29, 1.82) is 0 Å². The topological polar surface area (TPSA) is 49.3 Å². The van der Waals surface area contributed by atoms with Crippen LogP contribution in [-0.2, 0) is 0 Å². The fourth-order valence-corrected chi connectivity index (χ4v) is 1.14. The number of carbonyl (C=O) groups excluding carboxylic acids is 1. The molecule has 0 aliphatic heterocycles. The van der Waals surface area contributed by atoms with Crippen LogP contribution in [0.5, 0.6) is 0 Å². The molecule has 0 aliphatic carbocycles. The summed E-state index contributed by atoms with van der Waals surface area (Å²) in [5, 5.41) is 11.3. The minimum atomic E-state index is -0.332. The Labute approximate surface area is 87.9 Å². The average Bonchev–Trinajstić information content (AvgIpc) is 2.21. The van der Waals surface area contributed by atoms with E-state index >= 15 is 0 Å². The van der Waals surface area contributed by atoms with Crippen molar-refractivity contribution in [2.75, 3.05) is 6.61 Å². The highest BCUT2D eigenvalue weighted by Gasteiger charge is 2.09. The molecule has 0 saturated heterocycles. The fraction of sp³-hybridized carbons (Fsp3) is 0.364. The van der Waals surface area contributed by atoms with Crippen LogP contribution in [0.3, 0.4) is 0 Å². The van der Waals surface area contributed by atoms with E-state index in [1.165, 1.54) is 18.2 Å². The van der Waals surface area contributed by atoms with E-state index in [4.69, 9.17) is 5.11 Å². The zero-order valence-corrected chi connectivity index (χ0v) is 8.75. The minimum absolute atomic E-state index is 0.119. The molecule has 0 spiro atoms. The number of nitrogens with one attached hydrogen (secondary N) is 1. The van der Waals surface area contributed by atoms with Gasteiger partial charge in [0.15, 0.2) is 0 Å². The van der Waals surface area contributed by atoms with E-state index < -0.39 is 0 Å². The predicted molar refractivity (Wildman–Crippen MR) is 55.2 cm³/mol. The summed E-state index contributed by atoms with van der Waals surface area (Å²) in [6.45, 7) is 3.17. The molecule has 1 aromatic rings. The molecule has 1 amide bonds. The summed E-state index contributed by atoms with van der Waals surface area (Å²) < 4.78 is 12.9. The summed E-state index contributed by atoms with van der Waals surface area (Å²) in [4.78, 5) is 11.5. The molecule has 4 heteroatoms. The van der Waals surface area contributed by atoms with Crippen molar-refractivity contribution in [3.05, 3.63) is 35.1 Å². The second-order valence-corrected chi connectivity index (χ2v) is 3.52. The molecular weight excluding hydrogens is 197 g/mol. The normalized spacial score (nSPS) is 12.3. The van der Waals surface area contributed by atoms with Crippen LogP contribution in [0, 0.1) is 12.7 Å². The molecule has 1 aromatic carbocycles. The number of aliphatic hydroxyl groups excluding tert-OH is 1. The quantitative estimate of drug-likeness (QED) is 0.790. The first-order valence-electron chi connectivity index (χ1n) is 4.72. The Morgan fingerprint density at radius 2 is 2.27 bits per heavy atom. The molecule has 2 N–H and O–H groups in total. The van der Waals surface area contributed by atoms with Gasteiger partial charge in [-0.2, -0.15) is 0 Å². The van der Waals surface area contributed by atoms with Gasteiger partial charge < -0.3 is 10.4 Å². The Bertz CT molecular complexity index is 366. The summed E-state index contributed by atoms with van der Waals surface area (Å²) in [7, 11) is 0. The van der Waals surface area contributed by atoms with Gasteiger partial charge >= 0.3 is 0 Å². The van der Waals surface area contributed by atoms with Gasteiger partial charge in [0, 0.05) is 11.6 Å². The summed E-state index contributed by atoms with van der Waals surface area (Å²) >= 11 is 0. The van der Waals surface area contributed by atoms with Gasteiger partial charge in [0.1, 0.15) is 5.82 Å². The Balaban J connectivity index is 2.78. The number of benzene rings is 1. The first-order chi connectivity index (χ1) is 7.04. The molecule has 0 aliphatic rings. The van der Waals surface area contributed by atoms with Gasteiger partial charge in [-0.1, -0.05) is 0 Å². The van der Waals surface area contributed by atoms with Crippen LogP contribution in [0.2, 0.25) is 0 Å². The van der Waals surface area contributed by atoms with Gasteiger partial charge in [-0.3, -0.25) is 4.79 Å². The number of hydrogen-bond donors (Lipinski definition) is 2. The highest BCUT2D eigenvalue weighted by atomic mass is 19.1. The zero-order valence-electron chi connectivity index (χ0n) is 8.75. The van der Waals surface area contributed by atoms with Crippen LogP contribution in [0.25, 0.3) is 0 Å².